The van der Waals surface area contributed by atoms with E-state index in [9.17, 15) is 9.59 Å². The zero-order valence-corrected chi connectivity index (χ0v) is 12.2. The van der Waals surface area contributed by atoms with Crippen molar-refractivity contribution in [2.24, 2.45) is 11.8 Å². The lowest BCUT2D eigenvalue weighted by Crippen LogP contribution is -2.45. The minimum atomic E-state index is -0.156. The first kappa shape index (κ1) is 16.2. The van der Waals surface area contributed by atoms with Crippen LogP contribution in [0.25, 0.3) is 0 Å². The average Bonchev–Trinajstić information content (AvgIpc) is 2.46. The largest absolute Gasteiger partial charge is 0.396 e. The maximum atomic E-state index is 11.9. The van der Waals surface area contributed by atoms with Gasteiger partial charge in [0.15, 0.2) is 0 Å². The number of hydrogen-bond acceptors (Lipinski definition) is 3. The van der Waals surface area contributed by atoms with Crippen LogP contribution in [0.15, 0.2) is 0 Å². The van der Waals surface area contributed by atoms with Crippen molar-refractivity contribution in [1.82, 2.24) is 10.2 Å². The summed E-state index contributed by atoms with van der Waals surface area (Å²) in [5.41, 5.74) is 0. The van der Waals surface area contributed by atoms with Crippen molar-refractivity contribution in [3.63, 3.8) is 0 Å². The van der Waals surface area contributed by atoms with Gasteiger partial charge < -0.3 is 15.3 Å². The molecule has 19 heavy (non-hydrogen) atoms. The maximum Gasteiger partial charge on any atom is 0.226 e. The third-order valence-electron chi connectivity index (χ3n) is 3.46. The number of aliphatic hydroxyl groups is 1. The number of amides is 2. The molecule has 5 nitrogen and oxygen atoms in total. The fourth-order valence-electron chi connectivity index (χ4n) is 2.17. The molecular formula is C13H23ClN2O3. The van der Waals surface area contributed by atoms with Gasteiger partial charge >= 0.3 is 0 Å². The molecule has 0 aromatic carbocycles. The number of carbonyl (C=O) groups excluding carboxylic acids is 2. The van der Waals surface area contributed by atoms with E-state index in [2.05, 4.69) is 5.32 Å². The van der Waals surface area contributed by atoms with Gasteiger partial charge in [-0.15, -0.1) is 11.6 Å². The van der Waals surface area contributed by atoms with E-state index < -0.39 is 0 Å². The number of rotatable bonds is 6. The van der Waals surface area contributed by atoms with E-state index in [1.54, 1.807) is 4.90 Å². The first-order valence-corrected chi connectivity index (χ1v) is 7.37. The summed E-state index contributed by atoms with van der Waals surface area (Å²) in [6.45, 7) is 3.67. The second-order valence-corrected chi connectivity index (χ2v) is 5.33. The molecule has 0 saturated carbocycles. The Kier molecular flexibility index (Phi) is 7.16. The zero-order valence-electron chi connectivity index (χ0n) is 11.4. The fourth-order valence-corrected chi connectivity index (χ4v) is 2.31. The molecule has 2 amide bonds. The monoisotopic (exact) mass is 290 g/mol. The van der Waals surface area contributed by atoms with Crippen molar-refractivity contribution in [3.8, 4) is 0 Å². The fraction of sp³-hybridized carbons (Fsp3) is 0.846. The third-order valence-corrected chi connectivity index (χ3v) is 3.93. The summed E-state index contributed by atoms with van der Waals surface area (Å²) in [6, 6.07) is 0. The van der Waals surface area contributed by atoms with Crippen LogP contribution in [0.5, 0.6) is 0 Å². The number of likely N-dealkylation sites (tertiary alicyclic amines) is 1. The number of alkyl halides is 1. The van der Waals surface area contributed by atoms with Crippen molar-refractivity contribution in [2.75, 3.05) is 32.1 Å². The highest BCUT2D eigenvalue weighted by Gasteiger charge is 2.28. The molecule has 0 aromatic heterocycles. The summed E-state index contributed by atoms with van der Waals surface area (Å²) in [7, 11) is 0. The van der Waals surface area contributed by atoms with Crippen LogP contribution >= 0.6 is 11.6 Å². The molecule has 110 valence electrons. The SMILES string of the molecule is CC(CCl)C(=O)N1CCC(C(=O)NCCCO)CC1. The van der Waals surface area contributed by atoms with Crippen LogP contribution in [0, 0.1) is 11.8 Å². The summed E-state index contributed by atoms with van der Waals surface area (Å²) in [6.07, 6.45) is 1.98. The van der Waals surface area contributed by atoms with Crippen LogP contribution in [-0.4, -0.2) is 53.9 Å². The minimum Gasteiger partial charge on any atom is -0.396 e. The molecular weight excluding hydrogens is 268 g/mol. The van der Waals surface area contributed by atoms with Crippen LogP contribution in [0.4, 0.5) is 0 Å². The number of piperidine rings is 1. The van der Waals surface area contributed by atoms with Crippen molar-refractivity contribution < 1.29 is 14.7 Å². The first-order valence-electron chi connectivity index (χ1n) is 6.83. The van der Waals surface area contributed by atoms with Crippen molar-refractivity contribution in [3.05, 3.63) is 0 Å². The van der Waals surface area contributed by atoms with E-state index >= 15 is 0 Å². The first-order chi connectivity index (χ1) is 9.10. The van der Waals surface area contributed by atoms with E-state index in [1.165, 1.54) is 0 Å². The lowest BCUT2D eigenvalue weighted by atomic mass is 9.95. The Balaban J connectivity index is 2.32. The van der Waals surface area contributed by atoms with E-state index in [4.69, 9.17) is 16.7 Å². The summed E-state index contributed by atoms with van der Waals surface area (Å²) in [5.74, 6) is 0.270. The number of nitrogens with one attached hydrogen (secondary N) is 1. The molecule has 0 bridgehead atoms. The molecule has 1 rings (SSSR count). The summed E-state index contributed by atoms with van der Waals surface area (Å²) in [5, 5.41) is 11.5. The van der Waals surface area contributed by atoms with Crippen LogP contribution in [0.3, 0.4) is 0 Å². The maximum absolute atomic E-state index is 11.9. The Bertz CT molecular complexity index is 304. The Morgan fingerprint density at radius 2 is 2.05 bits per heavy atom. The normalized spacial score (nSPS) is 18.2. The molecule has 1 aliphatic heterocycles. The van der Waals surface area contributed by atoms with E-state index in [0.29, 0.717) is 44.8 Å². The molecule has 1 aliphatic rings. The van der Waals surface area contributed by atoms with Gasteiger partial charge in [-0.2, -0.15) is 0 Å². The highest BCUT2D eigenvalue weighted by molar-refractivity contribution is 6.19. The van der Waals surface area contributed by atoms with Crippen molar-refractivity contribution >= 4 is 23.4 Å². The topological polar surface area (TPSA) is 69.6 Å². The molecule has 1 heterocycles. The molecule has 1 saturated heterocycles. The number of carbonyl (C=O) groups is 2. The van der Waals surface area contributed by atoms with Gasteiger partial charge in [0.25, 0.3) is 0 Å². The van der Waals surface area contributed by atoms with Gasteiger partial charge in [-0.3, -0.25) is 9.59 Å². The molecule has 1 atom stereocenters. The molecule has 0 spiro atoms. The second-order valence-electron chi connectivity index (χ2n) is 5.02. The quantitative estimate of drug-likeness (QED) is 0.556. The Morgan fingerprint density at radius 1 is 1.42 bits per heavy atom. The van der Waals surface area contributed by atoms with Gasteiger partial charge in [0.05, 0.1) is 0 Å². The molecule has 1 fully saturated rings. The lowest BCUT2D eigenvalue weighted by molar-refractivity contribution is -0.138. The third kappa shape index (κ3) is 4.99. The molecule has 0 aromatic rings. The average molecular weight is 291 g/mol. The zero-order chi connectivity index (χ0) is 14.3. The molecule has 1 unspecified atom stereocenters. The minimum absolute atomic E-state index is 0.0194. The smallest absolute Gasteiger partial charge is 0.226 e. The Hall–Kier alpha value is -0.810. The molecule has 0 aliphatic carbocycles. The molecule has 2 N–H and O–H groups in total. The Morgan fingerprint density at radius 3 is 2.58 bits per heavy atom. The van der Waals surface area contributed by atoms with Crippen LogP contribution in [-0.2, 0) is 9.59 Å². The van der Waals surface area contributed by atoms with Crippen LogP contribution < -0.4 is 5.32 Å². The van der Waals surface area contributed by atoms with Gasteiger partial charge in [-0.1, -0.05) is 6.92 Å². The van der Waals surface area contributed by atoms with Gasteiger partial charge in [0.1, 0.15) is 0 Å². The van der Waals surface area contributed by atoms with Crippen molar-refractivity contribution in [1.29, 1.82) is 0 Å². The number of hydrogen-bond donors (Lipinski definition) is 2. The summed E-state index contributed by atoms with van der Waals surface area (Å²) >= 11 is 5.68. The second kappa shape index (κ2) is 8.38. The highest BCUT2D eigenvalue weighted by atomic mass is 35.5. The van der Waals surface area contributed by atoms with E-state index in [1.807, 2.05) is 6.92 Å². The number of nitrogens with zero attached hydrogens (tertiary/aromatic N) is 1. The van der Waals surface area contributed by atoms with Gasteiger partial charge in [-0.25, -0.2) is 0 Å². The predicted octanol–water partition coefficient (Wildman–Crippen LogP) is 0.598. The van der Waals surface area contributed by atoms with Gasteiger partial charge in [0, 0.05) is 44.0 Å². The summed E-state index contributed by atoms with van der Waals surface area (Å²) in [4.78, 5) is 25.5. The lowest BCUT2D eigenvalue weighted by Gasteiger charge is -2.32. The summed E-state index contributed by atoms with van der Waals surface area (Å²) < 4.78 is 0. The van der Waals surface area contributed by atoms with Gasteiger partial charge in [-0.05, 0) is 19.3 Å². The number of halogens is 1. The molecule has 0 radical (unpaired) electrons. The predicted molar refractivity (Wildman–Crippen MR) is 73.9 cm³/mol. The number of aliphatic hydroxyl groups excluding tert-OH is 1. The Labute approximate surface area is 119 Å². The van der Waals surface area contributed by atoms with Gasteiger partial charge in [0.2, 0.25) is 11.8 Å². The van der Waals surface area contributed by atoms with E-state index in [-0.39, 0.29) is 30.3 Å². The van der Waals surface area contributed by atoms with Crippen LogP contribution in [0.1, 0.15) is 26.2 Å². The molecule has 6 heteroatoms. The highest BCUT2D eigenvalue weighted by Crippen LogP contribution is 2.19. The standard InChI is InChI=1S/C13H23ClN2O3/c1-10(9-14)13(19)16-6-3-11(4-7-16)12(18)15-5-2-8-17/h10-11,17H,2-9H2,1H3,(H,15,18). The van der Waals surface area contributed by atoms with Crippen LogP contribution in [0.2, 0.25) is 0 Å². The van der Waals surface area contributed by atoms with E-state index in [0.717, 1.165) is 0 Å². The van der Waals surface area contributed by atoms with Crippen molar-refractivity contribution in [2.45, 2.75) is 26.2 Å².